The van der Waals surface area contributed by atoms with Gasteiger partial charge in [0, 0.05) is 6.07 Å². The smallest absolute Gasteiger partial charge is 0.326 e. The lowest BCUT2D eigenvalue weighted by Crippen LogP contribution is -2.46. The van der Waals surface area contributed by atoms with Crippen LogP contribution >= 0.6 is 0 Å². The third kappa shape index (κ3) is 4.46. The fourth-order valence-electron chi connectivity index (χ4n) is 1.40. The number of aromatic nitrogens is 1. The van der Waals surface area contributed by atoms with Crippen LogP contribution in [0.1, 0.15) is 13.8 Å². The van der Waals surface area contributed by atoms with Crippen LogP contribution in [0.25, 0.3) is 0 Å². The number of amides is 2. The molecule has 0 radical (unpaired) electrons. The fraction of sp³-hybridized carbons (Fsp3) is 0.417. The number of carbonyl (C=O) groups is 2. The van der Waals surface area contributed by atoms with Gasteiger partial charge in [0.1, 0.15) is 6.04 Å². The largest absolute Gasteiger partial charge is 0.481 e. The second kappa shape index (κ2) is 6.58. The first kappa shape index (κ1) is 14.7. The van der Waals surface area contributed by atoms with E-state index in [1.54, 1.807) is 26.0 Å². The number of nitrogens with zero attached hydrogens (tertiary/aromatic N) is 1. The number of hydrogen-bond acceptors (Lipinski definition) is 4. The summed E-state index contributed by atoms with van der Waals surface area (Å²) in [7, 11) is 1.49. The van der Waals surface area contributed by atoms with Gasteiger partial charge in [-0.05, 0) is 12.0 Å². The van der Waals surface area contributed by atoms with Gasteiger partial charge in [-0.1, -0.05) is 13.8 Å². The average Bonchev–Trinajstić information content (AvgIpc) is 2.36. The average molecular weight is 267 g/mol. The number of ether oxygens (including phenoxy) is 1. The van der Waals surface area contributed by atoms with E-state index in [4.69, 9.17) is 9.84 Å². The van der Waals surface area contributed by atoms with Gasteiger partial charge >= 0.3 is 12.0 Å². The Hall–Kier alpha value is -2.31. The summed E-state index contributed by atoms with van der Waals surface area (Å²) in [5.41, 5.74) is 0.450. The molecule has 7 nitrogen and oxygen atoms in total. The van der Waals surface area contributed by atoms with E-state index >= 15 is 0 Å². The Morgan fingerprint density at radius 3 is 2.47 bits per heavy atom. The number of urea groups is 1. The molecule has 1 atom stereocenters. The van der Waals surface area contributed by atoms with Crippen LogP contribution in [0.5, 0.6) is 5.88 Å². The zero-order valence-electron chi connectivity index (χ0n) is 11.0. The summed E-state index contributed by atoms with van der Waals surface area (Å²) >= 11 is 0. The molecule has 0 unspecified atom stereocenters. The molecule has 19 heavy (non-hydrogen) atoms. The van der Waals surface area contributed by atoms with E-state index < -0.39 is 18.0 Å². The van der Waals surface area contributed by atoms with Crippen molar-refractivity contribution < 1.29 is 19.4 Å². The molecule has 0 spiro atoms. The number of nitrogens with one attached hydrogen (secondary N) is 2. The number of carboxylic acids is 1. The highest BCUT2D eigenvalue weighted by atomic mass is 16.5. The third-order valence-electron chi connectivity index (χ3n) is 2.42. The summed E-state index contributed by atoms with van der Waals surface area (Å²) in [5, 5.41) is 13.8. The molecule has 0 saturated carbocycles. The molecule has 1 heterocycles. The van der Waals surface area contributed by atoms with Crippen molar-refractivity contribution >= 4 is 17.7 Å². The number of pyridine rings is 1. The van der Waals surface area contributed by atoms with E-state index in [-0.39, 0.29) is 5.92 Å². The predicted molar refractivity (Wildman–Crippen MR) is 69.2 cm³/mol. The molecular formula is C12H17N3O4. The number of carboxylic acid groups (broad SMARTS) is 1. The van der Waals surface area contributed by atoms with Crippen molar-refractivity contribution in [2.45, 2.75) is 19.9 Å². The van der Waals surface area contributed by atoms with E-state index in [2.05, 4.69) is 15.6 Å². The van der Waals surface area contributed by atoms with E-state index in [9.17, 15) is 9.59 Å². The monoisotopic (exact) mass is 267 g/mol. The molecule has 0 fully saturated rings. The molecule has 1 aromatic rings. The van der Waals surface area contributed by atoms with Crippen LogP contribution in [0.3, 0.4) is 0 Å². The molecular weight excluding hydrogens is 250 g/mol. The Labute approximate surface area is 111 Å². The molecule has 0 bridgehead atoms. The van der Waals surface area contributed by atoms with Crippen LogP contribution in [0.4, 0.5) is 10.5 Å². The van der Waals surface area contributed by atoms with Crippen molar-refractivity contribution in [2.24, 2.45) is 5.92 Å². The van der Waals surface area contributed by atoms with Crippen LogP contribution in [-0.2, 0) is 4.79 Å². The van der Waals surface area contributed by atoms with Gasteiger partial charge in [-0.2, -0.15) is 0 Å². The normalized spacial score (nSPS) is 11.8. The predicted octanol–water partition coefficient (Wildman–Crippen LogP) is 1.32. The summed E-state index contributed by atoms with van der Waals surface area (Å²) in [6.07, 6.45) is 1.42. The molecule has 2 amide bonds. The molecule has 0 aliphatic carbocycles. The number of rotatable bonds is 5. The molecule has 0 saturated heterocycles. The minimum absolute atomic E-state index is 0.211. The summed E-state index contributed by atoms with van der Waals surface area (Å²) in [6, 6.07) is 1.67. The summed E-state index contributed by atoms with van der Waals surface area (Å²) < 4.78 is 4.88. The van der Waals surface area contributed by atoms with Crippen molar-refractivity contribution in [1.29, 1.82) is 0 Å². The molecule has 1 aromatic heterocycles. The van der Waals surface area contributed by atoms with E-state index in [0.717, 1.165) is 0 Å². The van der Waals surface area contributed by atoms with Crippen LogP contribution in [-0.4, -0.2) is 35.2 Å². The molecule has 7 heteroatoms. The molecule has 0 aromatic carbocycles. The molecule has 0 aliphatic heterocycles. The van der Waals surface area contributed by atoms with Crippen LogP contribution in [0.15, 0.2) is 18.3 Å². The lowest BCUT2D eigenvalue weighted by atomic mass is 10.1. The topological polar surface area (TPSA) is 101 Å². The van der Waals surface area contributed by atoms with E-state index in [1.807, 2.05) is 0 Å². The number of aliphatic carboxylic acids is 1. The highest BCUT2D eigenvalue weighted by Crippen LogP contribution is 2.11. The quantitative estimate of drug-likeness (QED) is 0.747. The second-order valence-corrected chi connectivity index (χ2v) is 4.25. The summed E-state index contributed by atoms with van der Waals surface area (Å²) in [6.45, 7) is 3.43. The lowest BCUT2D eigenvalue weighted by Gasteiger charge is -2.18. The van der Waals surface area contributed by atoms with Crippen LogP contribution in [0, 0.1) is 5.92 Å². The van der Waals surface area contributed by atoms with Crippen molar-refractivity contribution in [1.82, 2.24) is 10.3 Å². The standard InChI is InChI=1S/C12H17N3O4/c1-7(2)10(11(16)17)15-12(18)14-8-4-5-9(19-3)13-6-8/h4-7,10H,1-3H3,(H,16,17)(H2,14,15,18)/t10-/m0/s1. The van der Waals surface area contributed by atoms with Gasteiger partial charge in [0.05, 0.1) is 19.0 Å². The fourth-order valence-corrected chi connectivity index (χ4v) is 1.40. The SMILES string of the molecule is COc1ccc(NC(=O)N[C@H](C(=O)O)C(C)C)cn1. The van der Waals surface area contributed by atoms with Gasteiger partial charge in [0.15, 0.2) is 0 Å². The maximum atomic E-state index is 11.6. The Bertz CT molecular complexity index is 445. The van der Waals surface area contributed by atoms with Gasteiger partial charge < -0.3 is 20.5 Å². The first-order valence-electron chi connectivity index (χ1n) is 5.74. The Balaban J connectivity index is 2.61. The number of carbonyl (C=O) groups excluding carboxylic acids is 1. The zero-order valence-corrected chi connectivity index (χ0v) is 11.0. The highest BCUT2D eigenvalue weighted by Gasteiger charge is 2.23. The second-order valence-electron chi connectivity index (χ2n) is 4.25. The van der Waals surface area contributed by atoms with Gasteiger partial charge in [-0.15, -0.1) is 0 Å². The maximum Gasteiger partial charge on any atom is 0.326 e. The summed E-state index contributed by atoms with van der Waals surface area (Å²) in [4.78, 5) is 26.5. The van der Waals surface area contributed by atoms with Gasteiger partial charge in [-0.25, -0.2) is 14.6 Å². The first-order chi connectivity index (χ1) is 8.93. The Morgan fingerprint density at radius 2 is 2.05 bits per heavy atom. The van der Waals surface area contributed by atoms with Gasteiger partial charge in [0.2, 0.25) is 5.88 Å². The number of anilines is 1. The van der Waals surface area contributed by atoms with Crippen LogP contribution in [0.2, 0.25) is 0 Å². The van der Waals surface area contributed by atoms with Crippen molar-refractivity contribution in [3.63, 3.8) is 0 Å². The van der Waals surface area contributed by atoms with Crippen molar-refractivity contribution in [3.05, 3.63) is 18.3 Å². The molecule has 1 rings (SSSR count). The van der Waals surface area contributed by atoms with E-state index in [1.165, 1.54) is 13.3 Å². The maximum absolute atomic E-state index is 11.6. The summed E-state index contributed by atoms with van der Waals surface area (Å²) in [5.74, 6) is -0.855. The molecule has 3 N–H and O–H groups in total. The van der Waals surface area contributed by atoms with Crippen LogP contribution < -0.4 is 15.4 Å². The van der Waals surface area contributed by atoms with Gasteiger partial charge in [-0.3, -0.25) is 0 Å². The van der Waals surface area contributed by atoms with Crippen molar-refractivity contribution in [3.8, 4) is 5.88 Å². The Morgan fingerprint density at radius 1 is 1.37 bits per heavy atom. The third-order valence-corrected chi connectivity index (χ3v) is 2.42. The van der Waals surface area contributed by atoms with Gasteiger partial charge in [0.25, 0.3) is 0 Å². The zero-order chi connectivity index (χ0) is 14.4. The molecule has 0 aliphatic rings. The minimum Gasteiger partial charge on any atom is -0.481 e. The number of methoxy groups -OCH3 is 1. The van der Waals surface area contributed by atoms with Crippen molar-refractivity contribution in [2.75, 3.05) is 12.4 Å². The highest BCUT2D eigenvalue weighted by molar-refractivity contribution is 5.92. The molecule has 104 valence electrons. The first-order valence-corrected chi connectivity index (χ1v) is 5.74. The Kier molecular flexibility index (Phi) is 5.11. The number of hydrogen-bond donors (Lipinski definition) is 3. The van der Waals surface area contributed by atoms with E-state index in [0.29, 0.717) is 11.6 Å². The minimum atomic E-state index is -1.07. The lowest BCUT2D eigenvalue weighted by molar-refractivity contribution is -0.140.